The van der Waals surface area contributed by atoms with Gasteiger partial charge >= 0.3 is 6.03 Å². The Balaban J connectivity index is 2.01. The largest absolute Gasteiger partial charge is 0.350 e. The van der Waals surface area contributed by atoms with E-state index in [1.807, 2.05) is 0 Å². The maximum absolute atomic E-state index is 14.1. The number of nitrogens with zero attached hydrogens (tertiary/aromatic N) is 2. The monoisotopic (exact) mass is 292 g/mol. The van der Waals surface area contributed by atoms with Crippen molar-refractivity contribution >= 4 is 12.2 Å². The number of carbonyl (C=O) groups excluding carboxylic acids is 1. The van der Waals surface area contributed by atoms with Gasteiger partial charge in [-0.3, -0.25) is 4.90 Å². The van der Waals surface area contributed by atoms with Crippen LogP contribution in [0.5, 0.6) is 0 Å². The molecule has 1 aromatic rings. The lowest BCUT2D eigenvalue weighted by Gasteiger charge is -2.33. The first-order valence-corrected chi connectivity index (χ1v) is 7.17. The minimum absolute atomic E-state index is 0.254. The third-order valence-electron chi connectivity index (χ3n) is 3.78. The summed E-state index contributed by atoms with van der Waals surface area (Å²) in [7, 11) is 0. The van der Waals surface area contributed by atoms with Crippen LogP contribution in [-0.4, -0.2) is 29.7 Å². The smallest absolute Gasteiger partial charge is 0.332 e. The molecular formula is C15H21FN4O. The van der Waals surface area contributed by atoms with E-state index in [0.717, 1.165) is 6.54 Å². The summed E-state index contributed by atoms with van der Waals surface area (Å²) in [5, 5.41) is 3.61. The SMILES string of the molecule is CC1CCCCN1Cc1ccc(C=NNC(N)=O)cc1F. The van der Waals surface area contributed by atoms with Crippen molar-refractivity contribution in [1.82, 2.24) is 10.3 Å². The van der Waals surface area contributed by atoms with Gasteiger partial charge in [0.05, 0.1) is 6.21 Å². The van der Waals surface area contributed by atoms with Crippen molar-refractivity contribution in [3.63, 3.8) is 0 Å². The van der Waals surface area contributed by atoms with E-state index >= 15 is 0 Å². The Kier molecular flexibility index (Phi) is 5.27. The van der Waals surface area contributed by atoms with Crippen molar-refractivity contribution in [1.29, 1.82) is 0 Å². The molecule has 5 nitrogen and oxygen atoms in total. The second-order valence-corrected chi connectivity index (χ2v) is 5.40. The van der Waals surface area contributed by atoms with Crippen LogP contribution in [0, 0.1) is 5.82 Å². The molecule has 1 saturated heterocycles. The number of nitrogens with one attached hydrogen (secondary N) is 1. The number of halogens is 1. The number of hydrazone groups is 1. The molecule has 3 N–H and O–H groups in total. The van der Waals surface area contributed by atoms with E-state index in [-0.39, 0.29) is 5.82 Å². The Morgan fingerprint density at radius 3 is 3.05 bits per heavy atom. The maximum atomic E-state index is 14.1. The molecule has 1 aliphatic rings. The highest BCUT2D eigenvalue weighted by molar-refractivity contribution is 5.81. The van der Waals surface area contributed by atoms with E-state index in [1.165, 1.54) is 31.5 Å². The molecule has 2 amide bonds. The molecule has 2 rings (SSSR count). The number of rotatable bonds is 4. The van der Waals surface area contributed by atoms with Gasteiger partial charge in [0.15, 0.2) is 0 Å². The summed E-state index contributed by atoms with van der Waals surface area (Å²) in [6, 6.07) is 4.71. The number of carbonyl (C=O) groups is 1. The third kappa shape index (κ3) is 4.53. The topological polar surface area (TPSA) is 70.7 Å². The predicted octanol–water partition coefficient (Wildman–Crippen LogP) is 2.20. The van der Waals surface area contributed by atoms with Crippen LogP contribution in [0.25, 0.3) is 0 Å². The molecule has 6 heteroatoms. The first kappa shape index (κ1) is 15.4. The van der Waals surface area contributed by atoms with Crippen LogP contribution < -0.4 is 11.2 Å². The number of likely N-dealkylation sites (tertiary alicyclic amines) is 1. The molecule has 0 aliphatic carbocycles. The number of primary amides is 1. The average molecular weight is 292 g/mol. The number of amides is 2. The van der Waals surface area contributed by atoms with E-state index in [0.29, 0.717) is 23.7 Å². The number of piperidine rings is 1. The van der Waals surface area contributed by atoms with Crippen LogP contribution in [0.15, 0.2) is 23.3 Å². The summed E-state index contributed by atoms with van der Waals surface area (Å²) < 4.78 is 14.1. The van der Waals surface area contributed by atoms with Gasteiger partial charge in [-0.2, -0.15) is 5.10 Å². The lowest BCUT2D eigenvalue weighted by atomic mass is 10.0. The van der Waals surface area contributed by atoms with Crippen molar-refractivity contribution in [2.75, 3.05) is 6.54 Å². The summed E-state index contributed by atoms with van der Waals surface area (Å²) in [4.78, 5) is 12.8. The van der Waals surface area contributed by atoms with Gasteiger partial charge in [-0.25, -0.2) is 14.6 Å². The van der Waals surface area contributed by atoms with Gasteiger partial charge < -0.3 is 5.73 Å². The van der Waals surface area contributed by atoms with Gasteiger partial charge in [0.1, 0.15) is 5.82 Å². The van der Waals surface area contributed by atoms with Gasteiger partial charge in [-0.1, -0.05) is 18.6 Å². The molecule has 1 unspecified atom stereocenters. The molecule has 114 valence electrons. The van der Waals surface area contributed by atoms with Gasteiger partial charge in [0.2, 0.25) is 0 Å². The molecule has 0 aromatic heterocycles. The zero-order valence-corrected chi connectivity index (χ0v) is 12.2. The van der Waals surface area contributed by atoms with E-state index in [4.69, 9.17) is 5.73 Å². The molecule has 1 atom stereocenters. The van der Waals surface area contributed by atoms with Crippen molar-refractivity contribution in [2.45, 2.75) is 38.8 Å². The molecule has 0 bridgehead atoms. The van der Waals surface area contributed by atoms with Gasteiger partial charge in [0, 0.05) is 18.2 Å². The van der Waals surface area contributed by atoms with Crippen LogP contribution in [0.1, 0.15) is 37.3 Å². The van der Waals surface area contributed by atoms with Crippen molar-refractivity contribution < 1.29 is 9.18 Å². The van der Waals surface area contributed by atoms with Gasteiger partial charge in [-0.15, -0.1) is 0 Å². The molecule has 1 aliphatic heterocycles. The Morgan fingerprint density at radius 2 is 2.38 bits per heavy atom. The highest BCUT2D eigenvalue weighted by Crippen LogP contribution is 2.20. The summed E-state index contributed by atoms with van der Waals surface area (Å²) >= 11 is 0. The van der Waals surface area contributed by atoms with E-state index in [2.05, 4.69) is 22.4 Å². The molecule has 1 fully saturated rings. The normalized spacial score (nSPS) is 19.8. The van der Waals surface area contributed by atoms with Crippen molar-refractivity contribution in [3.8, 4) is 0 Å². The molecule has 0 radical (unpaired) electrons. The van der Waals surface area contributed by atoms with Crippen LogP contribution in [-0.2, 0) is 6.54 Å². The van der Waals surface area contributed by atoms with Crippen molar-refractivity contribution in [3.05, 3.63) is 35.1 Å². The minimum atomic E-state index is -0.748. The van der Waals surface area contributed by atoms with Gasteiger partial charge in [-0.05, 0) is 37.9 Å². The second-order valence-electron chi connectivity index (χ2n) is 5.40. The molecule has 1 heterocycles. The maximum Gasteiger partial charge on any atom is 0.332 e. The van der Waals surface area contributed by atoms with Crippen LogP contribution >= 0.6 is 0 Å². The Labute approximate surface area is 124 Å². The zero-order chi connectivity index (χ0) is 15.2. The first-order valence-electron chi connectivity index (χ1n) is 7.17. The Morgan fingerprint density at radius 1 is 1.57 bits per heavy atom. The lowest BCUT2D eigenvalue weighted by molar-refractivity contribution is 0.151. The average Bonchev–Trinajstić information content (AvgIpc) is 2.43. The van der Waals surface area contributed by atoms with Crippen LogP contribution in [0.3, 0.4) is 0 Å². The predicted molar refractivity (Wildman–Crippen MR) is 80.4 cm³/mol. The Bertz CT molecular complexity index is 532. The van der Waals surface area contributed by atoms with Crippen molar-refractivity contribution in [2.24, 2.45) is 10.8 Å². The fraction of sp³-hybridized carbons (Fsp3) is 0.467. The highest BCUT2D eigenvalue weighted by Gasteiger charge is 2.19. The quantitative estimate of drug-likeness (QED) is 0.659. The van der Waals surface area contributed by atoms with Crippen LogP contribution in [0.4, 0.5) is 9.18 Å². The number of hydrogen-bond acceptors (Lipinski definition) is 3. The van der Waals surface area contributed by atoms with E-state index < -0.39 is 6.03 Å². The number of hydrogen-bond donors (Lipinski definition) is 2. The molecule has 0 saturated carbocycles. The third-order valence-corrected chi connectivity index (χ3v) is 3.78. The highest BCUT2D eigenvalue weighted by atomic mass is 19.1. The molecule has 1 aromatic carbocycles. The Hall–Kier alpha value is -1.95. The number of benzene rings is 1. The first-order chi connectivity index (χ1) is 10.1. The fourth-order valence-electron chi connectivity index (χ4n) is 2.55. The zero-order valence-electron chi connectivity index (χ0n) is 12.2. The lowest BCUT2D eigenvalue weighted by Crippen LogP contribution is -2.36. The summed E-state index contributed by atoms with van der Waals surface area (Å²) in [5.74, 6) is -0.254. The second kappa shape index (κ2) is 7.17. The molecular weight excluding hydrogens is 271 g/mol. The fourth-order valence-corrected chi connectivity index (χ4v) is 2.55. The summed E-state index contributed by atoms with van der Waals surface area (Å²) in [6.07, 6.45) is 4.96. The standard InChI is InChI=1S/C15H21FN4O/c1-11-4-2-3-7-20(11)10-13-6-5-12(8-14(13)16)9-18-19-15(17)21/h5-6,8-9,11H,2-4,7,10H2,1H3,(H3,17,19,21). The van der Waals surface area contributed by atoms with Crippen LogP contribution in [0.2, 0.25) is 0 Å². The molecule has 21 heavy (non-hydrogen) atoms. The van der Waals surface area contributed by atoms with Gasteiger partial charge in [0.25, 0.3) is 0 Å². The molecule has 0 spiro atoms. The van der Waals surface area contributed by atoms with E-state index in [1.54, 1.807) is 12.1 Å². The summed E-state index contributed by atoms with van der Waals surface area (Å²) in [6.45, 7) is 3.84. The van der Waals surface area contributed by atoms with E-state index in [9.17, 15) is 9.18 Å². The number of urea groups is 1. The number of nitrogens with two attached hydrogens (primary N) is 1. The minimum Gasteiger partial charge on any atom is -0.350 e. The summed E-state index contributed by atoms with van der Waals surface area (Å²) in [5.41, 5.74) is 8.23.